The van der Waals surface area contributed by atoms with Gasteiger partial charge in [0, 0.05) is 25.5 Å². The molecule has 0 spiro atoms. The standard InChI is InChI=1S/C15H20N4O2/c1-11-9-17-19(3)14(11)10-16-12-5-7-13(8-6-12)18(2)15(20)21-4/h5-9,16H,10H2,1-4H3. The SMILES string of the molecule is COC(=O)N(C)c1ccc(NCc2c(C)cnn2C)cc1. The normalized spacial score (nSPS) is 10.3. The number of anilines is 2. The lowest BCUT2D eigenvalue weighted by Gasteiger charge is -2.16. The second-order valence-electron chi connectivity index (χ2n) is 4.83. The zero-order chi connectivity index (χ0) is 15.4. The van der Waals surface area contributed by atoms with E-state index in [2.05, 4.69) is 15.2 Å². The van der Waals surface area contributed by atoms with Gasteiger partial charge in [0.15, 0.2) is 0 Å². The molecule has 0 atom stereocenters. The van der Waals surface area contributed by atoms with Gasteiger partial charge in [-0.05, 0) is 36.8 Å². The molecule has 6 nitrogen and oxygen atoms in total. The van der Waals surface area contributed by atoms with E-state index < -0.39 is 0 Å². The van der Waals surface area contributed by atoms with Crippen LogP contribution in [0.2, 0.25) is 0 Å². The van der Waals surface area contributed by atoms with Crippen LogP contribution in [0.15, 0.2) is 30.5 Å². The van der Waals surface area contributed by atoms with E-state index in [1.54, 1.807) is 7.05 Å². The molecule has 1 heterocycles. The number of benzene rings is 1. The molecule has 2 aromatic rings. The summed E-state index contributed by atoms with van der Waals surface area (Å²) >= 11 is 0. The summed E-state index contributed by atoms with van der Waals surface area (Å²) in [7, 11) is 4.97. The molecule has 2 rings (SSSR count). The van der Waals surface area contributed by atoms with E-state index in [4.69, 9.17) is 0 Å². The van der Waals surface area contributed by atoms with E-state index in [1.165, 1.54) is 12.0 Å². The molecule has 0 saturated carbocycles. The Bertz CT molecular complexity index is 600. The number of rotatable bonds is 4. The van der Waals surface area contributed by atoms with E-state index in [0.717, 1.165) is 22.6 Å². The first-order valence-electron chi connectivity index (χ1n) is 6.66. The first kappa shape index (κ1) is 14.9. The number of nitrogens with zero attached hydrogens (tertiary/aromatic N) is 3. The van der Waals surface area contributed by atoms with Crippen molar-refractivity contribution in [2.75, 3.05) is 24.4 Å². The Hall–Kier alpha value is -2.50. The number of nitrogens with one attached hydrogen (secondary N) is 1. The van der Waals surface area contributed by atoms with Crippen LogP contribution < -0.4 is 10.2 Å². The Morgan fingerprint density at radius 3 is 2.57 bits per heavy atom. The van der Waals surface area contributed by atoms with Crippen LogP contribution in [0.3, 0.4) is 0 Å². The number of ether oxygens (including phenoxy) is 1. The first-order chi connectivity index (χ1) is 10.0. The highest BCUT2D eigenvalue weighted by atomic mass is 16.5. The highest BCUT2D eigenvalue weighted by Gasteiger charge is 2.10. The zero-order valence-corrected chi connectivity index (χ0v) is 12.8. The van der Waals surface area contributed by atoms with Crippen molar-refractivity contribution in [1.29, 1.82) is 0 Å². The maximum Gasteiger partial charge on any atom is 0.413 e. The Kier molecular flexibility index (Phi) is 4.47. The number of methoxy groups -OCH3 is 1. The lowest BCUT2D eigenvalue weighted by molar-refractivity contribution is 0.180. The zero-order valence-electron chi connectivity index (χ0n) is 12.8. The van der Waals surface area contributed by atoms with E-state index >= 15 is 0 Å². The fourth-order valence-electron chi connectivity index (χ4n) is 2.06. The molecule has 0 bridgehead atoms. The van der Waals surface area contributed by atoms with Crippen LogP contribution in [-0.4, -0.2) is 30.0 Å². The number of hydrogen-bond donors (Lipinski definition) is 1. The van der Waals surface area contributed by atoms with Gasteiger partial charge in [-0.15, -0.1) is 0 Å². The van der Waals surface area contributed by atoms with Crippen molar-refractivity contribution < 1.29 is 9.53 Å². The molecule has 0 saturated heterocycles. The second kappa shape index (κ2) is 6.30. The van der Waals surface area contributed by atoms with Gasteiger partial charge in [-0.25, -0.2) is 4.79 Å². The van der Waals surface area contributed by atoms with Crippen molar-refractivity contribution in [3.63, 3.8) is 0 Å². The molecule has 0 unspecified atom stereocenters. The fraction of sp³-hybridized carbons (Fsp3) is 0.333. The first-order valence-corrected chi connectivity index (χ1v) is 6.66. The molecule has 0 aliphatic heterocycles. The van der Waals surface area contributed by atoms with Crippen molar-refractivity contribution in [1.82, 2.24) is 9.78 Å². The molecule has 1 amide bonds. The number of amides is 1. The summed E-state index contributed by atoms with van der Waals surface area (Å²) in [4.78, 5) is 12.9. The molecular weight excluding hydrogens is 268 g/mol. The molecule has 6 heteroatoms. The van der Waals surface area contributed by atoms with Crippen LogP contribution in [0.1, 0.15) is 11.3 Å². The topological polar surface area (TPSA) is 59.4 Å². The van der Waals surface area contributed by atoms with Gasteiger partial charge in [-0.1, -0.05) is 0 Å². The van der Waals surface area contributed by atoms with Crippen molar-refractivity contribution in [3.8, 4) is 0 Å². The number of aromatic nitrogens is 2. The predicted molar refractivity (Wildman–Crippen MR) is 82.5 cm³/mol. The lowest BCUT2D eigenvalue weighted by atomic mass is 10.2. The van der Waals surface area contributed by atoms with E-state index in [1.807, 2.05) is 49.1 Å². The van der Waals surface area contributed by atoms with Crippen molar-refractivity contribution in [3.05, 3.63) is 41.7 Å². The highest BCUT2D eigenvalue weighted by molar-refractivity contribution is 5.87. The van der Waals surface area contributed by atoms with Gasteiger partial charge in [0.25, 0.3) is 0 Å². The lowest BCUT2D eigenvalue weighted by Crippen LogP contribution is -2.25. The maximum absolute atomic E-state index is 11.4. The molecule has 112 valence electrons. The van der Waals surface area contributed by atoms with Gasteiger partial charge < -0.3 is 10.1 Å². The smallest absolute Gasteiger partial charge is 0.413 e. The maximum atomic E-state index is 11.4. The van der Waals surface area contributed by atoms with E-state index in [9.17, 15) is 4.79 Å². The van der Waals surface area contributed by atoms with Crippen LogP contribution in [0.25, 0.3) is 0 Å². The summed E-state index contributed by atoms with van der Waals surface area (Å²) in [6.45, 7) is 2.74. The van der Waals surface area contributed by atoms with Gasteiger partial charge >= 0.3 is 6.09 Å². The quantitative estimate of drug-likeness (QED) is 0.939. The Labute approximate surface area is 124 Å². The molecule has 0 aliphatic carbocycles. The summed E-state index contributed by atoms with van der Waals surface area (Å²) in [6.07, 6.45) is 1.46. The monoisotopic (exact) mass is 288 g/mol. The number of hydrogen-bond acceptors (Lipinski definition) is 4. The van der Waals surface area contributed by atoms with Crippen molar-refractivity contribution >= 4 is 17.5 Å². The molecule has 0 aliphatic rings. The third kappa shape index (κ3) is 3.34. The summed E-state index contributed by atoms with van der Waals surface area (Å²) in [6, 6.07) is 7.60. The second-order valence-corrected chi connectivity index (χ2v) is 4.83. The number of carbonyl (C=O) groups excluding carboxylic acids is 1. The molecule has 1 aromatic heterocycles. The van der Waals surface area contributed by atoms with E-state index in [-0.39, 0.29) is 6.09 Å². The van der Waals surface area contributed by atoms with Crippen LogP contribution >= 0.6 is 0 Å². The molecule has 1 aromatic carbocycles. The van der Waals surface area contributed by atoms with Gasteiger partial charge in [-0.3, -0.25) is 9.58 Å². The summed E-state index contributed by atoms with van der Waals surface area (Å²) in [5.74, 6) is 0. The van der Waals surface area contributed by atoms with Crippen LogP contribution in [0, 0.1) is 6.92 Å². The summed E-state index contributed by atoms with van der Waals surface area (Å²) in [5.41, 5.74) is 4.07. The van der Waals surface area contributed by atoms with Crippen LogP contribution in [-0.2, 0) is 18.3 Å². The van der Waals surface area contributed by atoms with Gasteiger partial charge in [0.05, 0.1) is 25.5 Å². The minimum Gasteiger partial charge on any atom is -0.452 e. The van der Waals surface area contributed by atoms with Crippen molar-refractivity contribution in [2.24, 2.45) is 7.05 Å². The van der Waals surface area contributed by atoms with E-state index in [0.29, 0.717) is 6.54 Å². The fourth-order valence-corrected chi connectivity index (χ4v) is 2.06. The largest absolute Gasteiger partial charge is 0.452 e. The minimum absolute atomic E-state index is 0.388. The van der Waals surface area contributed by atoms with Gasteiger partial charge in [0.1, 0.15) is 0 Å². The van der Waals surface area contributed by atoms with Crippen LogP contribution in [0.4, 0.5) is 16.2 Å². The number of aryl methyl sites for hydroxylation is 2. The van der Waals surface area contributed by atoms with Gasteiger partial charge in [0.2, 0.25) is 0 Å². The molecule has 21 heavy (non-hydrogen) atoms. The Morgan fingerprint density at radius 1 is 1.38 bits per heavy atom. The summed E-state index contributed by atoms with van der Waals surface area (Å²) in [5, 5.41) is 7.56. The third-order valence-electron chi connectivity index (χ3n) is 3.43. The predicted octanol–water partition coefficient (Wildman–Crippen LogP) is 2.54. The van der Waals surface area contributed by atoms with Crippen molar-refractivity contribution in [2.45, 2.75) is 13.5 Å². The molecule has 1 N–H and O–H groups in total. The third-order valence-corrected chi connectivity index (χ3v) is 3.43. The molecule has 0 radical (unpaired) electrons. The Morgan fingerprint density at radius 2 is 2.05 bits per heavy atom. The van der Waals surface area contributed by atoms with Gasteiger partial charge in [-0.2, -0.15) is 5.10 Å². The highest BCUT2D eigenvalue weighted by Crippen LogP contribution is 2.18. The van der Waals surface area contributed by atoms with Crippen LogP contribution in [0.5, 0.6) is 0 Å². The average molecular weight is 288 g/mol. The minimum atomic E-state index is -0.388. The Balaban J connectivity index is 2.01. The molecular formula is C15H20N4O2. The average Bonchev–Trinajstić information content (AvgIpc) is 2.83. The summed E-state index contributed by atoms with van der Waals surface area (Å²) < 4.78 is 6.54. The molecule has 0 fully saturated rings. The number of carbonyl (C=O) groups is 1.